The lowest BCUT2D eigenvalue weighted by Gasteiger charge is -2.14. The van der Waals surface area contributed by atoms with E-state index in [0.717, 1.165) is 5.52 Å². The summed E-state index contributed by atoms with van der Waals surface area (Å²) in [6.45, 7) is 4.26. The van der Waals surface area contributed by atoms with Gasteiger partial charge in [0.25, 0.3) is 5.91 Å². The molecule has 0 saturated heterocycles. The molecule has 10 heteroatoms. The molecule has 0 radical (unpaired) electrons. The highest BCUT2D eigenvalue weighted by molar-refractivity contribution is 9.11. The summed E-state index contributed by atoms with van der Waals surface area (Å²) in [5.74, 6) is 0.804. The van der Waals surface area contributed by atoms with Gasteiger partial charge >= 0.3 is 0 Å². The number of aromatic nitrogens is 1. The van der Waals surface area contributed by atoms with E-state index in [4.69, 9.17) is 33.0 Å². The first-order valence-corrected chi connectivity index (χ1v) is 12.9. The predicted molar refractivity (Wildman–Crippen MR) is 151 cm³/mol. The van der Waals surface area contributed by atoms with Crippen molar-refractivity contribution in [3.8, 4) is 17.2 Å². The lowest BCUT2D eigenvalue weighted by atomic mass is 10.0. The van der Waals surface area contributed by atoms with Gasteiger partial charge < -0.3 is 14.5 Å². The van der Waals surface area contributed by atoms with Crippen molar-refractivity contribution < 1.29 is 13.9 Å². The number of benzene rings is 3. The van der Waals surface area contributed by atoms with Crippen molar-refractivity contribution in [3.05, 3.63) is 73.6 Å². The molecule has 0 saturated carbocycles. The zero-order valence-corrected chi connectivity index (χ0v) is 23.7. The van der Waals surface area contributed by atoms with Gasteiger partial charge in [0, 0.05) is 10.0 Å². The third kappa shape index (κ3) is 5.69. The van der Waals surface area contributed by atoms with E-state index >= 15 is 0 Å². The van der Waals surface area contributed by atoms with E-state index < -0.39 is 5.91 Å². The number of fused-ring (bicyclic) bond motifs is 1. The normalized spacial score (nSPS) is 11.1. The van der Waals surface area contributed by atoms with Gasteiger partial charge in [0.2, 0.25) is 5.89 Å². The second kappa shape index (κ2) is 10.7. The fraction of sp³-hybridized carbons (Fsp3) is 0.160. The van der Waals surface area contributed by atoms with E-state index in [1.165, 1.54) is 12.7 Å². The van der Waals surface area contributed by atoms with Gasteiger partial charge in [0.05, 0.1) is 27.9 Å². The Kier molecular flexibility index (Phi) is 7.80. The zero-order valence-electron chi connectivity index (χ0n) is 18.9. The third-order valence-electron chi connectivity index (χ3n) is 5.22. The molecule has 180 valence electrons. The van der Waals surface area contributed by atoms with Crippen molar-refractivity contribution in [1.29, 1.82) is 0 Å². The summed E-state index contributed by atoms with van der Waals surface area (Å²) in [6.07, 6.45) is 0. The molecule has 0 spiro atoms. The molecule has 4 rings (SSSR count). The minimum Gasteiger partial charge on any atom is -0.495 e. The van der Waals surface area contributed by atoms with E-state index in [1.807, 2.05) is 24.3 Å². The summed E-state index contributed by atoms with van der Waals surface area (Å²) in [4.78, 5) is 17.5. The van der Waals surface area contributed by atoms with Gasteiger partial charge in [-0.3, -0.25) is 10.1 Å². The van der Waals surface area contributed by atoms with Crippen molar-refractivity contribution in [1.82, 2.24) is 10.3 Å². The molecule has 2 N–H and O–H groups in total. The van der Waals surface area contributed by atoms with Gasteiger partial charge in [-0.2, -0.15) is 0 Å². The smallest absolute Gasteiger partial charge is 0.261 e. The second-order valence-electron chi connectivity index (χ2n) is 7.97. The number of thiocarbonyl (C=S) groups is 1. The number of ether oxygens (including phenoxy) is 1. The highest BCUT2D eigenvalue weighted by Crippen LogP contribution is 2.33. The number of amides is 1. The van der Waals surface area contributed by atoms with Gasteiger partial charge in [-0.25, -0.2) is 4.98 Å². The molecule has 0 atom stereocenters. The fourth-order valence-corrected chi connectivity index (χ4v) is 5.20. The molecule has 6 nitrogen and oxygen atoms in total. The fourth-order valence-electron chi connectivity index (χ4n) is 3.44. The molecule has 0 aliphatic carbocycles. The Bertz CT molecular complexity index is 1460. The van der Waals surface area contributed by atoms with Crippen LogP contribution < -0.4 is 15.4 Å². The Hall–Kier alpha value is -2.46. The van der Waals surface area contributed by atoms with Crippen LogP contribution in [0.25, 0.3) is 22.6 Å². The molecule has 0 aliphatic rings. The van der Waals surface area contributed by atoms with Crippen LogP contribution in [0.15, 0.2) is 61.9 Å². The molecule has 1 heterocycles. The maximum Gasteiger partial charge on any atom is 0.261 e. The van der Waals surface area contributed by atoms with Crippen molar-refractivity contribution >= 4 is 83.5 Å². The highest BCUT2D eigenvalue weighted by atomic mass is 79.9. The molecule has 0 fully saturated rings. The number of carbonyl (C=O) groups is 1. The third-order valence-corrected chi connectivity index (χ3v) is 6.80. The number of halogens is 3. The van der Waals surface area contributed by atoms with Gasteiger partial charge in [0.1, 0.15) is 11.3 Å². The van der Waals surface area contributed by atoms with Crippen LogP contribution in [-0.2, 0) is 0 Å². The molecule has 1 aromatic heterocycles. The van der Waals surface area contributed by atoms with Crippen LogP contribution in [0.1, 0.15) is 35.7 Å². The minimum atomic E-state index is -0.437. The van der Waals surface area contributed by atoms with Crippen molar-refractivity contribution in [3.63, 3.8) is 0 Å². The molecule has 0 aliphatic heterocycles. The molecular weight excluding hydrogens is 618 g/mol. The van der Waals surface area contributed by atoms with Crippen LogP contribution in [0.5, 0.6) is 5.75 Å². The molecule has 0 bridgehead atoms. The second-order valence-corrected chi connectivity index (χ2v) is 10.6. The average molecular weight is 638 g/mol. The van der Waals surface area contributed by atoms with E-state index in [0.29, 0.717) is 53.9 Å². The quantitative estimate of drug-likeness (QED) is 0.217. The molecule has 1 amide bonds. The number of hydrogen-bond donors (Lipinski definition) is 2. The Balaban J connectivity index is 1.55. The number of anilines is 1. The first-order valence-electron chi connectivity index (χ1n) is 10.5. The summed E-state index contributed by atoms with van der Waals surface area (Å²) >= 11 is 18.5. The summed E-state index contributed by atoms with van der Waals surface area (Å²) < 4.78 is 12.6. The number of carbonyl (C=O) groups excluding carboxylic acids is 1. The number of methoxy groups -OCH3 is 1. The Morgan fingerprint density at radius 3 is 2.63 bits per heavy atom. The van der Waals surface area contributed by atoms with Gasteiger partial charge in [0.15, 0.2) is 10.7 Å². The average Bonchev–Trinajstić information content (AvgIpc) is 3.23. The largest absolute Gasteiger partial charge is 0.495 e. The number of nitrogens with one attached hydrogen (secondary N) is 2. The number of nitrogens with zero attached hydrogens (tertiary/aromatic N) is 1. The van der Waals surface area contributed by atoms with Crippen LogP contribution in [0.4, 0.5) is 5.69 Å². The predicted octanol–water partition coefficient (Wildman–Crippen LogP) is 7.93. The van der Waals surface area contributed by atoms with E-state index in [-0.39, 0.29) is 5.11 Å². The first kappa shape index (κ1) is 25.6. The number of hydrogen-bond acceptors (Lipinski definition) is 5. The van der Waals surface area contributed by atoms with Crippen molar-refractivity contribution in [2.45, 2.75) is 19.8 Å². The molecule has 3 aromatic carbocycles. The van der Waals surface area contributed by atoms with Crippen LogP contribution in [0.3, 0.4) is 0 Å². The van der Waals surface area contributed by atoms with Crippen molar-refractivity contribution in [2.75, 3.05) is 12.4 Å². The van der Waals surface area contributed by atoms with Crippen LogP contribution in [0, 0.1) is 0 Å². The van der Waals surface area contributed by atoms with Gasteiger partial charge in [-0.05, 0) is 82.1 Å². The van der Waals surface area contributed by atoms with E-state index in [2.05, 4.69) is 61.3 Å². The SMILES string of the molecule is COc1c(Br)cc(Br)cc1C(=O)NC(=S)Nc1cc(-c2nc3cc(C(C)C)ccc3o2)ccc1Cl. The lowest BCUT2D eigenvalue weighted by molar-refractivity contribution is 0.0974. The maximum atomic E-state index is 12.9. The topological polar surface area (TPSA) is 76.4 Å². The first-order chi connectivity index (χ1) is 16.7. The molecule has 35 heavy (non-hydrogen) atoms. The van der Waals surface area contributed by atoms with Crippen LogP contribution >= 0.6 is 55.7 Å². The molecular formula is C25H20Br2ClN3O3S. The summed E-state index contributed by atoms with van der Waals surface area (Å²) in [6, 6.07) is 14.7. The van der Waals surface area contributed by atoms with Gasteiger partial charge in [-0.1, -0.05) is 47.4 Å². The number of rotatable bonds is 5. The lowest BCUT2D eigenvalue weighted by Crippen LogP contribution is -2.34. The monoisotopic (exact) mass is 635 g/mol. The number of oxazole rings is 1. The summed E-state index contributed by atoms with van der Waals surface area (Å²) in [5.41, 5.74) is 4.20. The van der Waals surface area contributed by atoms with Gasteiger partial charge in [-0.15, -0.1) is 0 Å². The summed E-state index contributed by atoms with van der Waals surface area (Å²) in [5, 5.41) is 6.14. The van der Waals surface area contributed by atoms with Crippen molar-refractivity contribution in [2.24, 2.45) is 0 Å². The maximum absolute atomic E-state index is 12.9. The molecule has 4 aromatic rings. The Labute approximate surface area is 229 Å². The Morgan fingerprint density at radius 2 is 1.91 bits per heavy atom. The highest BCUT2D eigenvalue weighted by Gasteiger charge is 2.18. The summed E-state index contributed by atoms with van der Waals surface area (Å²) in [7, 11) is 1.49. The van der Waals surface area contributed by atoms with Crippen LogP contribution in [0.2, 0.25) is 5.02 Å². The van der Waals surface area contributed by atoms with E-state index in [1.54, 1.807) is 24.3 Å². The molecule has 0 unspecified atom stereocenters. The minimum absolute atomic E-state index is 0.0753. The van der Waals surface area contributed by atoms with E-state index in [9.17, 15) is 4.79 Å². The Morgan fingerprint density at radius 1 is 1.14 bits per heavy atom. The van der Waals surface area contributed by atoms with Crippen LogP contribution in [-0.4, -0.2) is 23.1 Å². The standard InChI is InChI=1S/C25H20Br2ClN3O3S/c1-12(2)13-5-7-21-20(8-13)29-24(34-21)14-4-6-18(28)19(9-14)30-25(35)31-23(32)16-10-15(26)11-17(27)22(16)33-3/h4-12H,1-3H3,(H2,30,31,32,35). The zero-order chi connectivity index (χ0) is 25.3.